The number of nitrogens with zero attached hydrogens (tertiary/aromatic N) is 3. The smallest absolute Gasteiger partial charge is 0.270 e. The number of hydrogen-bond acceptors (Lipinski definition) is 5. The lowest BCUT2D eigenvalue weighted by Crippen LogP contribution is -2.44. The lowest BCUT2D eigenvalue weighted by Gasteiger charge is -2.42. The van der Waals surface area contributed by atoms with Crippen molar-refractivity contribution in [2.45, 2.75) is 43.2 Å². The monoisotopic (exact) mass is 475 g/mol. The van der Waals surface area contributed by atoms with E-state index in [2.05, 4.69) is 24.1 Å². The molecule has 0 N–H and O–H groups in total. The fourth-order valence-electron chi connectivity index (χ4n) is 5.20. The first-order valence-electron chi connectivity index (χ1n) is 10.2. The fourth-order valence-corrected chi connectivity index (χ4v) is 6.47. The Morgan fingerprint density at radius 2 is 1.97 bits per heavy atom. The first kappa shape index (κ1) is 22.2. The van der Waals surface area contributed by atoms with Gasteiger partial charge >= 0.3 is 0 Å². The molecule has 5 nitrogen and oxygen atoms in total. The molecule has 0 spiro atoms. The van der Waals surface area contributed by atoms with Crippen LogP contribution in [0.15, 0.2) is 54.7 Å². The Labute approximate surface area is 196 Å². The van der Waals surface area contributed by atoms with Crippen molar-refractivity contribution in [1.29, 1.82) is 0 Å². The van der Waals surface area contributed by atoms with Crippen molar-refractivity contribution >= 4 is 41.0 Å². The Morgan fingerprint density at radius 3 is 2.71 bits per heavy atom. The summed E-state index contributed by atoms with van der Waals surface area (Å²) in [5.74, 6) is 0.715. The van der Waals surface area contributed by atoms with Crippen LogP contribution in [0.5, 0.6) is 0 Å². The van der Waals surface area contributed by atoms with E-state index in [4.69, 9.17) is 16.6 Å². The second-order valence-electron chi connectivity index (χ2n) is 8.25. The molecule has 3 heterocycles. The normalized spacial score (nSPS) is 25.2. The molecule has 0 unspecified atom stereocenters. The molecule has 2 saturated heterocycles. The maximum atomic E-state index is 11.2. The van der Waals surface area contributed by atoms with Crippen LogP contribution in [0.25, 0.3) is 10.4 Å². The average molecular weight is 476 g/mol. The Balaban J connectivity index is 0.00000231. The van der Waals surface area contributed by atoms with Crippen molar-refractivity contribution in [3.05, 3.63) is 80.4 Å². The van der Waals surface area contributed by atoms with E-state index in [1.54, 1.807) is 23.5 Å². The van der Waals surface area contributed by atoms with Crippen LogP contribution in [-0.4, -0.2) is 33.9 Å². The zero-order chi connectivity index (χ0) is 20.8. The van der Waals surface area contributed by atoms with Crippen LogP contribution in [0.2, 0.25) is 5.02 Å². The average Bonchev–Trinajstić information content (AvgIpc) is 3.31. The molecule has 4 atom stereocenters. The van der Waals surface area contributed by atoms with Gasteiger partial charge in [-0.25, -0.2) is 4.98 Å². The predicted molar refractivity (Wildman–Crippen MR) is 128 cm³/mol. The molecular weight excluding hydrogens is 453 g/mol. The number of nitro benzene ring substituents is 1. The van der Waals surface area contributed by atoms with E-state index in [9.17, 15) is 10.1 Å². The van der Waals surface area contributed by atoms with Crippen LogP contribution in [-0.2, 0) is 0 Å². The highest BCUT2D eigenvalue weighted by atomic mass is 35.5. The Hall–Kier alpha value is -1.99. The number of fused-ring (bicyclic) bond motifs is 2. The molecule has 162 valence electrons. The van der Waals surface area contributed by atoms with Gasteiger partial charge in [0.05, 0.1) is 14.8 Å². The topological polar surface area (TPSA) is 59.3 Å². The van der Waals surface area contributed by atoms with Gasteiger partial charge in [0, 0.05) is 46.9 Å². The number of likely N-dealkylation sites (N-methyl/N-ethyl adjacent to an activating group) is 1. The van der Waals surface area contributed by atoms with Crippen LogP contribution in [0.1, 0.15) is 41.7 Å². The number of non-ortho nitro benzene ring substituents is 1. The number of nitro groups is 1. The molecule has 2 fully saturated rings. The van der Waals surface area contributed by atoms with Crippen molar-refractivity contribution in [3.8, 4) is 10.4 Å². The van der Waals surface area contributed by atoms with Gasteiger partial charge in [-0.2, -0.15) is 0 Å². The SMILES string of the molecule is CN1[C@H]2CC[C@@H]1[C@@H](c1ncc(-c3cccc([N+](=O)[O-])c3)s1)[C@@H](c1ccc(Cl)cc1)C2.Cl. The highest BCUT2D eigenvalue weighted by Crippen LogP contribution is 2.52. The zero-order valence-corrected chi connectivity index (χ0v) is 19.4. The summed E-state index contributed by atoms with van der Waals surface area (Å²) in [5, 5.41) is 13.0. The van der Waals surface area contributed by atoms with Crippen LogP contribution in [0.4, 0.5) is 5.69 Å². The van der Waals surface area contributed by atoms with Crippen molar-refractivity contribution in [1.82, 2.24) is 9.88 Å². The van der Waals surface area contributed by atoms with Gasteiger partial charge in [0.1, 0.15) is 0 Å². The minimum Gasteiger partial charge on any atom is -0.300 e. The van der Waals surface area contributed by atoms with Crippen molar-refractivity contribution in [2.75, 3.05) is 7.05 Å². The molecule has 5 rings (SSSR count). The van der Waals surface area contributed by atoms with Crippen molar-refractivity contribution < 1.29 is 4.92 Å². The van der Waals surface area contributed by atoms with E-state index in [1.165, 1.54) is 24.5 Å². The van der Waals surface area contributed by atoms with Gasteiger partial charge in [0.25, 0.3) is 5.69 Å². The largest absolute Gasteiger partial charge is 0.300 e. The van der Waals surface area contributed by atoms with Crippen molar-refractivity contribution in [3.63, 3.8) is 0 Å². The summed E-state index contributed by atoms with van der Waals surface area (Å²) in [7, 11) is 2.24. The van der Waals surface area contributed by atoms with E-state index in [0.717, 1.165) is 26.9 Å². The van der Waals surface area contributed by atoms with E-state index in [1.807, 2.05) is 24.4 Å². The van der Waals surface area contributed by atoms with E-state index in [-0.39, 0.29) is 23.0 Å². The molecule has 0 amide bonds. The van der Waals surface area contributed by atoms with E-state index < -0.39 is 0 Å². The van der Waals surface area contributed by atoms with Gasteiger partial charge in [-0.3, -0.25) is 15.0 Å². The Kier molecular flexibility index (Phi) is 6.35. The minimum absolute atomic E-state index is 0. The summed E-state index contributed by atoms with van der Waals surface area (Å²) >= 11 is 7.80. The lowest BCUT2D eigenvalue weighted by atomic mass is 9.76. The number of halogens is 2. The number of aromatic nitrogens is 1. The molecule has 2 bridgehead atoms. The summed E-state index contributed by atoms with van der Waals surface area (Å²) in [4.78, 5) is 19.2. The summed E-state index contributed by atoms with van der Waals surface area (Å²) < 4.78 is 0. The maximum absolute atomic E-state index is 11.2. The standard InChI is InChI=1S/C23H22ClN3O2S.ClH/c1-26-17-9-10-20(26)22(19(12-17)14-5-7-16(24)8-6-14)23-25-13-21(30-23)15-3-2-4-18(11-15)27(28)29;/h2-8,11,13,17,19-20,22H,9-10,12H2,1H3;1H/t17-,19+,20+,22-;/m0./s1. The molecule has 2 aromatic carbocycles. The second-order valence-corrected chi connectivity index (χ2v) is 9.75. The third-order valence-corrected chi connectivity index (χ3v) is 8.12. The highest BCUT2D eigenvalue weighted by Gasteiger charge is 2.47. The van der Waals surface area contributed by atoms with Crippen LogP contribution < -0.4 is 0 Å². The van der Waals surface area contributed by atoms with Gasteiger partial charge < -0.3 is 0 Å². The zero-order valence-electron chi connectivity index (χ0n) is 17.0. The fraction of sp³-hybridized carbons (Fsp3) is 0.348. The van der Waals surface area contributed by atoms with Crippen molar-refractivity contribution in [2.24, 2.45) is 0 Å². The summed E-state index contributed by atoms with van der Waals surface area (Å²) in [6.07, 6.45) is 5.40. The Bertz CT molecular complexity index is 1090. The third-order valence-electron chi connectivity index (χ3n) is 6.72. The van der Waals surface area contributed by atoms with Gasteiger partial charge in [-0.1, -0.05) is 35.9 Å². The second kappa shape index (κ2) is 8.87. The van der Waals surface area contributed by atoms with Crippen LogP contribution >= 0.6 is 35.3 Å². The summed E-state index contributed by atoms with van der Waals surface area (Å²) in [6.45, 7) is 0. The highest BCUT2D eigenvalue weighted by molar-refractivity contribution is 7.15. The third kappa shape index (κ3) is 4.10. The molecule has 8 heteroatoms. The molecular formula is C23H23Cl2N3O2S. The Morgan fingerprint density at radius 1 is 1.19 bits per heavy atom. The molecule has 3 aromatic rings. The molecule has 0 aliphatic carbocycles. The molecule has 1 aromatic heterocycles. The first-order chi connectivity index (χ1) is 14.5. The van der Waals surface area contributed by atoms with Gasteiger partial charge in [0.15, 0.2) is 0 Å². The number of thiazole rings is 1. The number of hydrogen-bond donors (Lipinski definition) is 0. The van der Waals surface area contributed by atoms with E-state index >= 15 is 0 Å². The lowest BCUT2D eigenvalue weighted by molar-refractivity contribution is -0.384. The molecule has 0 saturated carbocycles. The maximum Gasteiger partial charge on any atom is 0.270 e. The quantitative estimate of drug-likeness (QED) is 0.317. The molecule has 0 radical (unpaired) electrons. The number of piperidine rings is 1. The van der Waals surface area contributed by atoms with Crippen LogP contribution in [0, 0.1) is 10.1 Å². The number of rotatable bonds is 4. The molecule has 2 aliphatic rings. The summed E-state index contributed by atoms with van der Waals surface area (Å²) in [6, 6.07) is 16.1. The van der Waals surface area contributed by atoms with Gasteiger partial charge in [-0.05, 0) is 49.9 Å². The predicted octanol–water partition coefficient (Wildman–Crippen LogP) is 6.53. The first-order valence-corrected chi connectivity index (χ1v) is 11.4. The van der Waals surface area contributed by atoms with Gasteiger partial charge in [-0.15, -0.1) is 23.7 Å². The molecule has 2 aliphatic heterocycles. The summed E-state index contributed by atoms with van der Waals surface area (Å²) in [5.41, 5.74) is 2.28. The molecule has 31 heavy (non-hydrogen) atoms. The minimum atomic E-state index is -0.350. The van der Waals surface area contributed by atoms with Crippen LogP contribution in [0.3, 0.4) is 0 Å². The van der Waals surface area contributed by atoms with Gasteiger partial charge in [0.2, 0.25) is 0 Å². The van der Waals surface area contributed by atoms with E-state index in [0.29, 0.717) is 23.9 Å². The number of benzene rings is 2.